The van der Waals surface area contributed by atoms with Gasteiger partial charge < -0.3 is 5.32 Å². The van der Waals surface area contributed by atoms with Crippen LogP contribution < -0.4 is 5.32 Å². The highest BCUT2D eigenvalue weighted by Gasteiger charge is 2.07. The maximum atomic E-state index is 11.4. The lowest BCUT2D eigenvalue weighted by Gasteiger charge is -2.10. The van der Waals surface area contributed by atoms with Crippen LogP contribution in [0.3, 0.4) is 0 Å². The molecule has 0 fully saturated rings. The number of aryl methyl sites for hydroxylation is 1. The molecule has 15 heavy (non-hydrogen) atoms. The van der Waals surface area contributed by atoms with Crippen LogP contribution in [0.15, 0.2) is 12.7 Å². The molecule has 1 aromatic rings. The molecule has 1 heterocycles. The number of carbonyl (C=O) groups excluding carboxylic acids is 1. The first-order valence-corrected chi connectivity index (χ1v) is 4.84. The van der Waals surface area contributed by atoms with Crippen LogP contribution in [0.4, 0.5) is 0 Å². The highest BCUT2D eigenvalue weighted by Crippen LogP contribution is 1.92. The standard InChI is InChI=1S/C10H14N4O/c1-3-9(4-2)13-10(15)5-6-14-8-11-7-12-14/h1,7-9H,4-6H2,2H3,(H,13,15). The van der Waals surface area contributed by atoms with Gasteiger partial charge in [0.1, 0.15) is 12.7 Å². The van der Waals surface area contributed by atoms with Crippen LogP contribution in [-0.2, 0) is 11.3 Å². The molecule has 1 rings (SSSR count). The molecule has 5 heteroatoms. The zero-order valence-electron chi connectivity index (χ0n) is 8.68. The lowest BCUT2D eigenvalue weighted by Crippen LogP contribution is -2.33. The number of hydrogen-bond acceptors (Lipinski definition) is 3. The summed E-state index contributed by atoms with van der Waals surface area (Å²) in [5.74, 6) is 2.45. The smallest absolute Gasteiger partial charge is 0.222 e. The quantitative estimate of drug-likeness (QED) is 0.700. The molecule has 0 bridgehead atoms. The minimum atomic E-state index is -0.173. The number of amides is 1. The van der Waals surface area contributed by atoms with Crippen LogP contribution in [0.2, 0.25) is 0 Å². The number of nitrogens with one attached hydrogen (secondary N) is 1. The van der Waals surface area contributed by atoms with Crippen molar-refractivity contribution in [2.45, 2.75) is 32.4 Å². The molecular formula is C10H14N4O. The molecule has 0 aliphatic rings. The van der Waals surface area contributed by atoms with Gasteiger partial charge in [-0.15, -0.1) is 6.42 Å². The van der Waals surface area contributed by atoms with Crippen LogP contribution in [0.5, 0.6) is 0 Å². The first-order valence-electron chi connectivity index (χ1n) is 4.84. The van der Waals surface area contributed by atoms with Crippen molar-refractivity contribution in [2.75, 3.05) is 0 Å². The summed E-state index contributed by atoms with van der Waals surface area (Å²) >= 11 is 0. The molecule has 5 nitrogen and oxygen atoms in total. The van der Waals surface area contributed by atoms with Crippen molar-refractivity contribution in [1.82, 2.24) is 20.1 Å². The van der Waals surface area contributed by atoms with Gasteiger partial charge in [-0.3, -0.25) is 9.48 Å². The van der Waals surface area contributed by atoms with Gasteiger partial charge >= 0.3 is 0 Å². The summed E-state index contributed by atoms with van der Waals surface area (Å²) in [6.07, 6.45) is 9.35. The topological polar surface area (TPSA) is 59.8 Å². The van der Waals surface area contributed by atoms with E-state index < -0.39 is 0 Å². The summed E-state index contributed by atoms with van der Waals surface area (Å²) in [5.41, 5.74) is 0. The third-order valence-corrected chi connectivity index (χ3v) is 1.98. The van der Waals surface area contributed by atoms with E-state index in [1.807, 2.05) is 6.92 Å². The Kier molecular flexibility index (Phi) is 4.35. The maximum Gasteiger partial charge on any atom is 0.222 e. The van der Waals surface area contributed by atoms with Crippen molar-refractivity contribution in [3.63, 3.8) is 0 Å². The van der Waals surface area contributed by atoms with Crippen LogP contribution in [0.25, 0.3) is 0 Å². The molecule has 0 radical (unpaired) electrons. The molecule has 0 aliphatic carbocycles. The van der Waals surface area contributed by atoms with E-state index in [1.54, 1.807) is 11.0 Å². The van der Waals surface area contributed by atoms with Gasteiger partial charge in [0.2, 0.25) is 5.91 Å². The maximum absolute atomic E-state index is 11.4. The summed E-state index contributed by atoms with van der Waals surface area (Å²) in [5, 5.41) is 6.64. The highest BCUT2D eigenvalue weighted by molar-refractivity contribution is 5.76. The van der Waals surface area contributed by atoms with Crippen molar-refractivity contribution in [3.8, 4) is 12.3 Å². The number of rotatable bonds is 5. The largest absolute Gasteiger partial charge is 0.342 e. The number of nitrogens with zero attached hydrogens (tertiary/aromatic N) is 3. The molecule has 0 spiro atoms. The normalized spacial score (nSPS) is 11.7. The predicted molar refractivity (Wildman–Crippen MR) is 55.7 cm³/mol. The van der Waals surface area contributed by atoms with E-state index in [9.17, 15) is 4.79 Å². The van der Waals surface area contributed by atoms with Gasteiger partial charge in [-0.05, 0) is 6.42 Å². The average Bonchev–Trinajstić information content (AvgIpc) is 2.75. The number of carbonyl (C=O) groups is 1. The Bertz CT molecular complexity index is 339. The first-order chi connectivity index (χ1) is 7.26. The second kappa shape index (κ2) is 5.81. The van der Waals surface area contributed by atoms with Crippen LogP contribution in [-0.4, -0.2) is 26.7 Å². The second-order valence-corrected chi connectivity index (χ2v) is 3.10. The van der Waals surface area contributed by atoms with Gasteiger partial charge in [0.25, 0.3) is 0 Å². The molecule has 0 saturated carbocycles. The number of terminal acetylenes is 1. The molecule has 1 unspecified atom stereocenters. The van der Waals surface area contributed by atoms with E-state index in [1.165, 1.54) is 6.33 Å². The zero-order valence-corrected chi connectivity index (χ0v) is 8.68. The fourth-order valence-corrected chi connectivity index (χ4v) is 1.09. The Balaban J connectivity index is 2.28. The molecule has 1 amide bonds. The van der Waals surface area contributed by atoms with Gasteiger partial charge in [-0.25, -0.2) is 4.98 Å². The zero-order chi connectivity index (χ0) is 11.1. The number of hydrogen-bond donors (Lipinski definition) is 1. The van der Waals surface area contributed by atoms with Crippen molar-refractivity contribution in [1.29, 1.82) is 0 Å². The molecule has 0 aromatic carbocycles. The Morgan fingerprint density at radius 2 is 2.53 bits per heavy atom. The lowest BCUT2D eigenvalue weighted by molar-refractivity contribution is -0.121. The summed E-state index contributed by atoms with van der Waals surface area (Å²) in [6, 6.07) is -0.173. The summed E-state index contributed by atoms with van der Waals surface area (Å²) in [6.45, 7) is 2.45. The van der Waals surface area contributed by atoms with Crippen LogP contribution in [0.1, 0.15) is 19.8 Å². The van der Waals surface area contributed by atoms with Gasteiger partial charge in [-0.1, -0.05) is 12.8 Å². The second-order valence-electron chi connectivity index (χ2n) is 3.10. The first kappa shape index (κ1) is 11.2. The lowest BCUT2D eigenvalue weighted by atomic mass is 10.2. The van der Waals surface area contributed by atoms with E-state index >= 15 is 0 Å². The molecule has 0 aliphatic heterocycles. The molecule has 80 valence electrons. The Morgan fingerprint density at radius 1 is 1.73 bits per heavy atom. The molecular weight excluding hydrogens is 192 g/mol. The SMILES string of the molecule is C#CC(CC)NC(=O)CCn1cncn1. The van der Waals surface area contributed by atoms with E-state index in [4.69, 9.17) is 6.42 Å². The Morgan fingerprint density at radius 3 is 3.07 bits per heavy atom. The summed E-state index contributed by atoms with van der Waals surface area (Å²) < 4.78 is 1.61. The predicted octanol–water partition coefficient (Wildman–Crippen LogP) is 0.196. The molecule has 1 N–H and O–H groups in total. The van der Waals surface area contributed by atoms with Gasteiger partial charge in [0.05, 0.1) is 12.6 Å². The van der Waals surface area contributed by atoms with Gasteiger partial charge in [-0.2, -0.15) is 5.10 Å². The van der Waals surface area contributed by atoms with E-state index in [0.29, 0.717) is 13.0 Å². The third-order valence-electron chi connectivity index (χ3n) is 1.98. The summed E-state index contributed by atoms with van der Waals surface area (Å²) in [7, 11) is 0. The Labute approximate surface area is 88.9 Å². The fraction of sp³-hybridized carbons (Fsp3) is 0.500. The minimum absolute atomic E-state index is 0.0599. The third kappa shape index (κ3) is 3.81. The van der Waals surface area contributed by atoms with Gasteiger partial charge in [0, 0.05) is 6.42 Å². The van der Waals surface area contributed by atoms with E-state index in [2.05, 4.69) is 21.3 Å². The van der Waals surface area contributed by atoms with Crippen molar-refractivity contribution >= 4 is 5.91 Å². The fourth-order valence-electron chi connectivity index (χ4n) is 1.09. The van der Waals surface area contributed by atoms with Crippen LogP contribution >= 0.6 is 0 Å². The summed E-state index contributed by atoms with van der Waals surface area (Å²) in [4.78, 5) is 15.2. The van der Waals surface area contributed by atoms with Gasteiger partial charge in [0.15, 0.2) is 0 Å². The Hall–Kier alpha value is -1.83. The molecule has 0 saturated heterocycles. The van der Waals surface area contributed by atoms with Crippen LogP contribution in [0, 0.1) is 12.3 Å². The van der Waals surface area contributed by atoms with E-state index in [0.717, 1.165) is 6.42 Å². The van der Waals surface area contributed by atoms with E-state index in [-0.39, 0.29) is 11.9 Å². The monoisotopic (exact) mass is 206 g/mol. The van der Waals surface area contributed by atoms with Crippen molar-refractivity contribution < 1.29 is 4.79 Å². The average molecular weight is 206 g/mol. The highest BCUT2D eigenvalue weighted by atomic mass is 16.1. The minimum Gasteiger partial charge on any atom is -0.342 e. The number of aromatic nitrogens is 3. The van der Waals surface area contributed by atoms with Crippen molar-refractivity contribution in [2.24, 2.45) is 0 Å². The molecule has 1 aromatic heterocycles. The molecule has 1 atom stereocenters. The van der Waals surface area contributed by atoms with Crippen molar-refractivity contribution in [3.05, 3.63) is 12.7 Å².